The monoisotopic (exact) mass is 211 g/mol. The number of nitriles is 1. The van der Waals surface area contributed by atoms with E-state index in [0.717, 1.165) is 16.7 Å². The highest BCUT2D eigenvalue weighted by molar-refractivity contribution is 5.65. The average molecular weight is 211 g/mol. The minimum atomic E-state index is -0.380. The number of rotatable bonds is 1. The molecule has 0 aromatic heterocycles. The van der Waals surface area contributed by atoms with E-state index in [2.05, 4.69) is 0 Å². The number of aryl methyl sites for hydroxylation is 1. The summed E-state index contributed by atoms with van der Waals surface area (Å²) in [6, 6.07) is 14.1. The second kappa shape index (κ2) is 4.16. The molecule has 16 heavy (non-hydrogen) atoms. The average Bonchev–Trinajstić information content (AvgIpc) is 2.29. The van der Waals surface area contributed by atoms with Crippen molar-refractivity contribution in [3.63, 3.8) is 0 Å². The summed E-state index contributed by atoms with van der Waals surface area (Å²) < 4.78 is 13.2. The molecule has 78 valence electrons. The third-order valence-electron chi connectivity index (χ3n) is 2.41. The first-order chi connectivity index (χ1) is 7.69. The van der Waals surface area contributed by atoms with Crippen molar-refractivity contribution in [3.8, 4) is 17.2 Å². The van der Waals surface area contributed by atoms with Gasteiger partial charge in [0, 0.05) is 0 Å². The maximum absolute atomic E-state index is 13.2. The second-order valence-corrected chi connectivity index (χ2v) is 3.71. The summed E-state index contributed by atoms with van der Waals surface area (Å²) in [5.41, 5.74) is 3.15. The molecule has 1 nitrogen and oxygen atoms in total. The summed E-state index contributed by atoms with van der Waals surface area (Å²) in [7, 11) is 0. The molecule has 0 fully saturated rings. The van der Waals surface area contributed by atoms with E-state index in [1.54, 1.807) is 6.07 Å². The summed E-state index contributed by atoms with van der Waals surface area (Å²) in [6.07, 6.45) is 0. The maximum Gasteiger partial charge on any atom is 0.125 e. The van der Waals surface area contributed by atoms with Gasteiger partial charge in [-0.15, -0.1) is 0 Å². The van der Waals surface area contributed by atoms with Crippen LogP contribution < -0.4 is 0 Å². The molecule has 0 unspecified atom stereocenters. The van der Waals surface area contributed by atoms with E-state index >= 15 is 0 Å². The molecule has 2 heteroatoms. The molecular formula is C14H10FN. The van der Waals surface area contributed by atoms with Gasteiger partial charge >= 0.3 is 0 Å². The van der Waals surface area contributed by atoms with E-state index in [1.807, 2.05) is 37.3 Å². The fraction of sp³-hybridized carbons (Fsp3) is 0.0714. The van der Waals surface area contributed by atoms with Crippen LogP contribution in [0.5, 0.6) is 0 Å². The van der Waals surface area contributed by atoms with E-state index in [9.17, 15) is 4.39 Å². The summed E-state index contributed by atoms with van der Waals surface area (Å²) >= 11 is 0. The fourth-order valence-corrected chi connectivity index (χ4v) is 1.57. The van der Waals surface area contributed by atoms with Gasteiger partial charge < -0.3 is 0 Å². The highest BCUT2D eigenvalue weighted by Gasteiger charge is 2.02. The Morgan fingerprint density at radius 2 is 1.69 bits per heavy atom. The van der Waals surface area contributed by atoms with Gasteiger partial charge in [-0.3, -0.25) is 0 Å². The second-order valence-electron chi connectivity index (χ2n) is 3.71. The van der Waals surface area contributed by atoms with E-state index < -0.39 is 0 Å². The van der Waals surface area contributed by atoms with Crippen molar-refractivity contribution in [2.75, 3.05) is 0 Å². The minimum absolute atomic E-state index is 0.343. The molecule has 2 rings (SSSR count). The van der Waals surface area contributed by atoms with Crippen molar-refractivity contribution >= 4 is 0 Å². The summed E-state index contributed by atoms with van der Waals surface area (Å²) in [5.74, 6) is -0.380. The maximum atomic E-state index is 13.2. The summed E-state index contributed by atoms with van der Waals surface area (Å²) in [5, 5.41) is 8.76. The Morgan fingerprint density at radius 3 is 2.31 bits per heavy atom. The highest BCUT2D eigenvalue weighted by atomic mass is 19.1. The van der Waals surface area contributed by atoms with Crippen LogP contribution in [0.15, 0.2) is 42.5 Å². The molecule has 0 aliphatic rings. The first kappa shape index (κ1) is 10.4. The largest absolute Gasteiger partial charge is 0.207 e. The van der Waals surface area contributed by atoms with Crippen molar-refractivity contribution in [2.45, 2.75) is 6.92 Å². The van der Waals surface area contributed by atoms with Crippen LogP contribution in [-0.4, -0.2) is 0 Å². The van der Waals surface area contributed by atoms with E-state index in [0.29, 0.717) is 5.56 Å². The molecule has 0 heterocycles. The lowest BCUT2D eigenvalue weighted by Crippen LogP contribution is -1.84. The Hall–Kier alpha value is -2.14. The van der Waals surface area contributed by atoms with Crippen LogP contribution in [0, 0.1) is 24.1 Å². The standard InChI is InChI=1S/C14H10FN/c1-10-2-4-12(5-3-10)13-6-11(9-16)7-14(15)8-13/h2-8H,1H3. The van der Waals surface area contributed by atoms with Crippen LogP contribution in [0.4, 0.5) is 4.39 Å². The summed E-state index contributed by atoms with van der Waals surface area (Å²) in [6.45, 7) is 2.00. The predicted octanol–water partition coefficient (Wildman–Crippen LogP) is 3.67. The molecule has 0 N–H and O–H groups in total. The smallest absolute Gasteiger partial charge is 0.125 e. The van der Waals surface area contributed by atoms with Crippen LogP contribution in [0.1, 0.15) is 11.1 Å². The van der Waals surface area contributed by atoms with Gasteiger partial charge in [-0.2, -0.15) is 5.26 Å². The molecule has 0 aliphatic heterocycles. The van der Waals surface area contributed by atoms with Crippen molar-refractivity contribution in [2.24, 2.45) is 0 Å². The lowest BCUT2D eigenvalue weighted by molar-refractivity contribution is 0.628. The van der Waals surface area contributed by atoms with Crippen LogP contribution >= 0.6 is 0 Å². The molecule has 0 saturated carbocycles. The molecule has 2 aromatic carbocycles. The molecule has 0 spiro atoms. The highest BCUT2D eigenvalue weighted by Crippen LogP contribution is 2.22. The van der Waals surface area contributed by atoms with Crippen LogP contribution in [0.2, 0.25) is 0 Å². The fourth-order valence-electron chi connectivity index (χ4n) is 1.57. The van der Waals surface area contributed by atoms with Crippen molar-refractivity contribution < 1.29 is 4.39 Å². The topological polar surface area (TPSA) is 23.8 Å². The summed E-state index contributed by atoms with van der Waals surface area (Å²) in [4.78, 5) is 0. The molecule has 0 radical (unpaired) electrons. The van der Waals surface area contributed by atoms with E-state index in [-0.39, 0.29) is 5.82 Å². The van der Waals surface area contributed by atoms with Crippen LogP contribution in [0.25, 0.3) is 11.1 Å². The zero-order valence-electron chi connectivity index (χ0n) is 8.87. The van der Waals surface area contributed by atoms with Gasteiger partial charge in [0.25, 0.3) is 0 Å². The van der Waals surface area contributed by atoms with Gasteiger partial charge in [-0.05, 0) is 36.2 Å². The molecule has 2 aromatic rings. The Bertz CT molecular complexity index is 550. The number of benzene rings is 2. The Labute approximate surface area is 93.8 Å². The van der Waals surface area contributed by atoms with Gasteiger partial charge in [-0.1, -0.05) is 29.8 Å². The van der Waals surface area contributed by atoms with E-state index in [4.69, 9.17) is 5.26 Å². The van der Waals surface area contributed by atoms with Gasteiger partial charge in [0.05, 0.1) is 11.6 Å². The lowest BCUT2D eigenvalue weighted by atomic mass is 10.0. The Kier molecular flexibility index (Phi) is 2.70. The molecule has 0 amide bonds. The zero-order chi connectivity index (χ0) is 11.5. The van der Waals surface area contributed by atoms with Crippen LogP contribution in [-0.2, 0) is 0 Å². The lowest BCUT2D eigenvalue weighted by Gasteiger charge is -2.03. The zero-order valence-corrected chi connectivity index (χ0v) is 8.87. The number of hydrogen-bond donors (Lipinski definition) is 0. The number of halogens is 1. The first-order valence-electron chi connectivity index (χ1n) is 4.97. The van der Waals surface area contributed by atoms with Crippen molar-refractivity contribution in [3.05, 3.63) is 59.4 Å². The quantitative estimate of drug-likeness (QED) is 0.706. The van der Waals surface area contributed by atoms with Gasteiger partial charge in [0.15, 0.2) is 0 Å². The van der Waals surface area contributed by atoms with Crippen LogP contribution in [0.3, 0.4) is 0 Å². The molecule has 0 aliphatic carbocycles. The van der Waals surface area contributed by atoms with Gasteiger partial charge in [0.1, 0.15) is 5.82 Å². The van der Waals surface area contributed by atoms with Crippen molar-refractivity contribution in [1.82, 2.24) is 0 Å². The minimum Gasteiger partial charge on any atom is -0.207 e. The Balaban J connectivity index is 2.52. The normalized spacial score (nSPS) is 9.81. The third kappa shape index (κ3) is 2.09. The first-order valence-corrected chi connectivity index (χ1v) is 4.97. The molecular weight excluding hydrogens is 201 g/mol. The van der Waals surface area contributed by atoms with E-state index in [1.165, 1.54) is 12.1 Å². The Morgan fingerprint density at radius 1 is 1.00 bits per heavy atom. The number of nitrogens with zero attached hydrogens (tertiary/aromatic N) is 1. The van der Waals surface area contributed by atoms with Gasteiger partial charge in [-0.25, -0.2) is 4.39 Å². The number of hydrogen-bond acceptors (Lipinski definition) is 1. The van der Waals surface area contributed by atoms with Gasteiger partial charge in [0.2, 0.25) is 0 Å². The molecule has 0 bridgehead atoms. The van der Waals surface area contributed by atoms with Crippen molar-refractivity contribution in [1.29, 1.82) is 5.26 Å². The SMILES string of the molecule is Cc1ccc(-c2cc(F)cc(C#N)c2)cc1. The molecule has 0 saturated heterocycles. The predicted molar refractivity (Wildman–Crippen MR) is 61.3 cm³/mol. The third-order valence-corrected chi connectivity index (χ3v) is 2.41. The molecule has 0 atom stereocenters.